The van der Waals surface area contributed by atoms with Gasteiger partial charge in [0, 0.05) is 30.6 Å². The summed E-state index contributed by atoms with van der Waals surface area (Å²) in [5, 5.41) is 11.1. The van der Waals surface area contributed by atoms with Crippen LogP contribution in [0.5, 0.6) is 0 Å². The number of halogens is 1. The van der Waals surface area contributed by atoms with E-state index in [1.165, 1.54) is 6.42 Å². The number of β-amino-alcohol motifs (C(OH)–C–C–N with tert-alkyl or cyclic N) is 1. The molecule has 2 heterocycles. The molecule has 2 aliphatic rings. The topological polar surface area (TPSA) is 53.0 Å². The average Bonchev–Trinajstić information content (AvgIpc) is 2.73. The van der Waals surface area contributed by atoms with E-state index in [0.29, 0.717) is 24.1 Å². The summed E-state index contributed by atoms with van der Waals surface area (Å²) in [6, 6.07) is 7.60. The quantitative estimate of drug-likeness (QED) is 0.750. The smallest absolute Gasteiger partial charge is 0.225 e. The van der Waals surface area contributed by atoms with Gasteiger partial charge in [-0.25, -0.2) is 0 Å². The second-order valence-corrected chi connectivity index (χ2v) is 8.58. The van der Waals surface area contributed by atoms with Gasteiger partial charge in [0.25, 0.3) is 0 Å². The predicted octanol–water partition coefficient (Wildman–Crippen LogP) is 3.50. The lowest BCUT2D eigenvalue weighted by atomic mass is 9.94. The van der Waals surface area contributed by atoms with Crippen LogP contribution in [0.3, 0.4) is 0 Å². The first kappa shape index (κ1) is 21.6. The Kier molecular flexibility index (Phi) is 8.15. The van der Waals surface area contributed by atoms with E-state index in [9.17, 15) is 9.90 Å². The van der Waals surface area contributed by atoms with Crippen LogP contribution in [0.2, 0.25) is 5.02 Å². The highest BCUT2D eigenvalue weighted by molar-refractivity contribution is 6.30. The number of nitrogens with zero attached hydrogens (tertiary/aromatic N) is 2. The van der Waals surface area contributed by atoms with Crippen molar-refractivity contribution < 1.29 is 14.6 Å². The Labute approximate surface area is 173 Å². The molecule has 6 heteroatoms. The molecule has 2 aliphatic heterocycles. The molecular weight excluding hydrogens is 376 g/mol. The van der Waals surface area contributed by atoms with Gasteiger partial charge in [0.2, 0.25) is 5.91 Å². The molecule has 0 aliphatic carbocycles. The molecular formula is C22H33ClN2O3. The average molecular weight is 409 g/mol. The monoisotopic (exact) mass is 408 g/mol. The molecule has 0 spiro atoms. The van der Waals surface area contributed by atoms with E-state index in [4.69, 9.17) is 16.3 Å². The minimum Gasteiger partial charge on any atom is -0.389 e. The highest BCUT2D eigenvalue weighted by Crippen LogP contribution is 2.23. The van der Waals surface area contributed by atoms with Gasteiger partial charge in [-0.15, -0.1) is 0 Å². The molecule has 1 N–H and O–H groups in total. The summed E-state index contributed by atoms with van der Waals surface area (Å²) >= 11 is 5.92. The number of aliphatic hydroxyl groups is 1. The Morgan fingerprint density at radius 2 is 1.79 bits per heavy atom. The number of carbonyl (C=O) groups excluding carboxylic acids is 1. The predicted molar refractivity (Wildman–Crippen MR) is 111 cm³/mol. The first-order valence-corrected chi connectivity index (χ1v) is 11.0. The van der Waals surface area contributed by atoms with Crippen LogP contribution >= 0.6 is 11.6 Å². The highest BCUT2D eigenvalue weighted by Gasteiger charge is 2.29. The zero-order valence-electron chi connectivity index (χ0n) is 16.9. The third kappa shape index (κ3) is 6.18. The molecule has 0 radical (unpaired) electrons. The Hall–Kier alpha value is -1.14. The molecule has 3 rings (SSSR count). The van der Waals surface area contributed by atoms with Gasteiger partial charge in [-0.1, -0.05) is 23.7 Å². The van der Waals surface area contributed by atoms with E-state index >= 15 is 0 Å². The molecule has 2 fully saturated rings. The summed E-state index contributed by atoms with van der Waals surface area (Å²) in [5.41, 5.74) is 1.05. The second-order valence-electron chi connectivity index (χ2n) is 8.14. The lowest BCUT2D eigenvalue weighted by molar-refractivity contribution is -0.138. The van der Waals surface area contributed by atoms with Crippen LogP contribution in [0.4, 0.5) is 0 Å². The van der Waals surface area contributed by atoms with Crippen LogP contribution < -0.4 is 0 Å². The zero-order valence-corrected chi connectivity index (χ0v) is 17.6. The van der Waals surface area contributed by atoms with Gasteiger partial charge in [-0.2, -0.15) is 0 Å². The second kappa shape index (κ2) is 10.6. The van der Waals surface area contributed by atoms with Gasteiger partial charge >= 0.3 is 0 Å². The maximum atomic E-state index is 12.6. The minimum absolute atomic E-state index is 0.0835. The number of hydrogen-bond donors (Lipinski definition) is 1. The molecule has 1 aromatic carbocycles. The number of hydrogen-bond acceptors (Lipinski definition) is 4. The van der Waals surface area contributed by atoms with Gasteiger partial charge in [0.05, 0.1) is 18.8 Å². The van der Waals surface area contributed by atoms with Crippen LogP contribution in [0.15, 0.2) is 24.3 Å². The number of amides is 1. The van der Waals surface area contributed by atoms with Crippen molar-refractivity contribution in [3.8, 4) is 0 Å². The van der Waals surface area contributed by atoms with Crippen molar-refractivity contribution >= 4 is 17.5 Å². The number of aliphatic hydroxyl groups excluding tert-OH is 1. The fraction of sp³-hybridized carbons (Fsp3) is 0.682. The molecule has 2 atom stereocenters. The van der Waals surface area contributed by atoms with E-state index in [-0.39, 0.29) is 12.0 Å². The fourth-order valence-electron chi connectivity index (χ4n) is 4.17. The summed E-state index contributed by atoms with van der Waals surface area (Å²) < 4.78 is 5.83. The summed E-state index contributed by atoms with van der Waals surface area (Å²) in [6.45, 7) is 6.48. The van der Waals surface area contributed by atoms with E-state index in [1.807, 2.05) is 31.2 Å². The van der Waals surface area contributed by atoms with Crippen LogP contribution in [-0.2, 0) is 9.53 Å². The molecule has 0 saturated carbocycles. The third-order valence-corrected chi connectivity index (χ3v) is 6.20. The van der Waals surface area contributed by atoms with E-state index < -0.39 is 6.10 Å². The van der Waals surface area contributed by atoms with Gasteiger partial charge in [0.15, 0.2) is 0 Å². The molecule has 5 nitrogen and oxygen atoms in total. The van der Waals surface area contributed by atoms with Gasteiger partial charge in [0.1, 0.15) is 0 Å². The zero-order chi connectivity index (χ0) is 19.9. The van der Waals surface area contributed by atoms with E-state index in [0.717, 1.165) is 57.4 Å². The molecule has 1 aromatic rings. The number of rotatable bonds is 7. The molecule has 1 amide bonds. The van der Waals surface area contributed by atoms with Crippen LogP contribution in [0.1, 0.15) is 50.7 Å². The maximum absolute atomic E-state index is 12.6. The van der Waals surface area contributed by atoms with Crippen LogP contribution in [-0.4, -0.2) is 66.2 Å². The SMILES string of the molecule is CC(OCC(O)CN1CCC(C(=O)N2CCCCC2)CC1)c1ccc(Cl)cc1. The van der Waals surface area contributed by atoms with Crippen molar-refractivity contribution in [1.82, 2.24) is 9.80 Å². The summed E-state index contributed by atoms with van der Waals surface area (Å²) in [6.07, 6.45) is 4.72. The summed E-state index contributed by atoms with van der Waals surface area (Å²) in [5.74, 6) is 0.507. The number of ether oxygens (including phenoxy) is 1. The van der Waals surface area contributed by atoms with Crippen molar-refractivity contribution in [1.29, 1.82) is 0 Å². The van der Waals surface area contributed by atoms with Crippen molar-refractivity contribution in [2.75, 3.05) is 39.3 Å². The number of carbonyl (C=O) groups is 1. The van der Waals surface area contributed by atoms with Gasteiger partial charge in [-0.05, 0) is 69.8 Å². The van der Waals surface area contributed by atoms with E-state index in [1.54, 1.807) is 0 Å². The largest absolute Gasteiger partial charge is 0.389 e. The Morgan fingerprint density at radius 3 is 2.43 bits per heavy atom. The molecule has 0 aromatic heterocycles. The lowest BCUT2D eigenvalue weighted by Crippen LogP contribution is -2.46. The molecule has 28 heavy (non-hydrogen) atoms. The maximum Gasteiger partial charge on any atom is 0.225 e. The molecule has 2 saturated heterocycles. The highest BCUT2D eigenvalue weighted by atomic mass is 35.5. The molecule has 2 unspecified atom stereocenters. The summed E-state index contributed by atoms with van der Waals surface area (Å²) in [7, 11) is 0. The van der Waals surface area contributed by atoms with Crippen molar-refractivity contribution in [2.24, 2.45) is 5.92 Å². The summed E-state index contributed by atoms with van der Waals surface area (Å²) in [4.78, 5) is 17.0. The van der Waals surface area contributed by atoms with Crippen molar-refractivity contribution in [3.63, 3.8) is 0 Å². The Bertz CT molecular complexity index is 611. The minimum atomic E-state index is -0.524. The lowest BCUT2D eigenvalue weighted by Gasteiger charge is -2.36. The van der Waals surface area contributed by atoms with Crippen LogP contribution in [0.25, 0.3) is 0 Å². The standard InChI is InChI=1S/C22H33ClN2O3/c1-17(18-5-7-20(23)8-6-18)28-16-21(26)15-24-13-9-19(10-14-24)22(27)25-11-3-2-4-12-25/h5-8,17,19,21,26H,2-4,9-16H2,1H3. The number of piperidine rings is 2. The van der Waals surface area contributed by atoms with Gasteiger partial charge < -0.3 is 19.6 Å². The van der Waals surface area contributed by atoms with Crippen molar-refractivity contribution in [3.05, 3.63) is 34.9 Å². The van der Waals surface area contributed by atoms with Crippen molar-refractivity contribution in [2.45, 2.75) is 51.2 Å². The number of likely N-dealkylation sites (tertiary alicyclic amines) is 2. The van der Waals surface area contributed by atoms with Gasteiger partial charge in [-0.3, -0.25) is 4.79 Å². The van der Waals surface area contributed by atoms with Crippen LogP contribution in [0, 0.1) is 5.92 Å². The van der Waals surface area contributed by atoms with E-state index in [2.05, 4.69) is 9.80 Å². The first-order valence-electron chi connectivity index (χ1n) is 10.6. The number of benzene rings is 1. The molecule has 156 valence electrons. The normalized spacial score (nSPS) is 21.5. The third-order valence-electron chi connectivity index (χ3n) is 5.95. The first-order chi connectivity index (χ1) is 13.5. The fourth-order valence-corrected chi connectivity index (χ4v) is 4.30. The Balaban J connectivity index is 1.35. The Morgan fingerprint density at radius 1 is 1.14 bits per heavy atom. The molecule has 0 bridgehead atoms.